The first-order valence-corrected chi connectivity index (χ1v) is 8.54. The summed E-state index contributed by atoms with van der Waals surface area (Å²) >= 11 is 1.86. The predicted octanol–water partition coefficient (Wildman–Crippen LogP) is 1.44. The number of thiophene rings is 1. The van der Waals surface area contributed by atoms with Crippen LogP contribution >= 0.6 is 36.2 Å². The molecule has 1 amide bonds. The molecule has 8 heteroatoms. The maximum absolute atomic E-state index is 11.9. The summed E-state index contributed by atoms with van der Waals surface area (Å²) in [6, 6.07) is 2.39. The lowest BCUT2D eigenvalue weighted by Crippen LogP contribution is -2.45. The average Bonchev–Trinajstić information content (AvgIpc) is 2.96. The van der Waals surface area contributed by atoms with Crippen molar-refractivity contribution in [2.75, 3.05) is 39.4 Å². The second-order valence-electron chi connectivity index (χ2n) is 5.68. The van der Waals surface area contributed by atoms with E-state index in [2.05, 4.69) is 27.0 Å². The minimum Gasteiger partial charge on any atom is -0.378 e. The maximum Gasteiger partial charge on any atom is 0.221 e. The molecule has 23 heavy (non-hydrogen) atoms. The third kappa shape index (κ3) is 6.21. The van der Waals surface area contributed by atoms with Crippen molar-refractivity contribution in [1.82, 2.24) is 15.5 Å². The quantitative estimate of drug-likeness (QED) is 0.810. The smallest absolute Gasteiger partial charge is 0.221 e. The number of hydrogen-bond acceptors (Lipinski definition) is 5. The van der Waals surface area contributed by atoms with Gasteiger partial charge >= 0.3 is 0 Å². The first kappa shape index (κ1) is 20.7. The number of fused-ring (bicyclic) bond motifs is 1. The first-order valence-electron chi connectivity index (χ1n) is 7.66. The summed E-state index contributed by atoms with van der Waals surface area (Å²) in [5, 5.41) is 8.50. The standard InChI is InChI=1S/C15H23N3O2S.2ClH/c19-15(9-13-11-20-7-4-16-13)17-3-6-18-5-1-14-12(10-18)2-8-21-14;;/h2,8,13,16H,1,3-7,9-11H2,(H,17,19);2*1H. The van der Waals surface area contributed by atoms with Crippen LogP contribution in [-0.2, 0) is 22.5 Å². The summed E-state index contributed by atoms with van der Waals surface area (Å²) in [5.74, 6) is 0.117. The molecule has 0 radical (unpaired) electrons. The van der Waals surface area contributed by atoms with Gasteiger partial charge in [0.1, 0.15) is 0 Å². The highest BCUT2D eigenvalue weighted by atomic mass is 35.5. The van der Waals surface area contributed by atoms with Crippen molar-refractivity contribution in [3.05, 3.63) is 21.9 Å². The number of nitrogens with zero attached hydrogens (tertiary/aromatic N) is 1. The molecule has 1 fully saturated rings. The predicted molar refractivity (Wildman–Crippen MR) is 98.0 cm³/mol. The van der Waals surface area contributed by atoms with E-state index in [1.54, 1.807) is 0 Å². The van der Waals surface area contributed by atoms with E-state index in [0.717, 1.165) is 45.8 Å². The molecule has 1 aromatic rings. The van der Waals surface area contributed by atoms with Crippen molar-refractivity contribution in [2.45, 2.75) is 25.4 Å². The monoisotopic (exact) mass is 381 g/mol. The molecule has 3 heterocycles. The zero-order valence-corrected chi connectivity index (χ0v) is 15.5. The molecule has 1 atom stereocenters. The topological polar surface area (TPSA) is 53.6 Å². The van der Waals surface area contributed by atoms with Crippen molar-refractivity contribution in [3.63, 3.8) is 0 Å². The Bertz CT molecular complexity index is 481. The molecular formula is C15H25Cl2N3O2S. The molecule has 2 aliphatic rings. The minimum atomic E-state index is 0. The van der Waals surface area contributed by atoms with E-state index in [1.807, 2.05) is 11.3 Å². The Morgan fingerprint density at radius 1 is 1.48 bits per heavy atom. The molecule has 2 aliphatic heterocycles. The van der Waals surface area contributed by atoms with Gasteiger partial charge in [-0.15, -0.1) is 36.2 Å². The molecule has 0 bridgehead atoms. The van der Waals surface area contributed by atoms with Gasteiger partial charge in [-0.2, -0.15) is 0 Å². The van der Waals surface area contributed by atoms with Crippen LogP contribution in [0.1, 0.15) is 16.9 Å². The van der Waals surface area contributed by atoms with Gasteiger partial charge in [-0.05, 0) is 23.4 Å². The van der Waals surface area contributed by atoms with Gasteiger partial charge in [-0.3, -0.25) is 9.69 Å². The molecule has 1 unspecified atom stereocenters. The molecule has 1 saturated heterocycles. The highest BCUT2D eigenvalue weighted by molar-refractivity contribution is 7.10. The van der Waals surface area contributed by atoms with E-state index in [9.17, 15) is 4.79 Å². The van der Waals surface area contributed by atoms with Gasteiger partial charge in [0.05, 0.1) is 13.2 Å². The maximum atomic E-state index is 11.9. The summed E-state index contributed by atoms with van der Waals surface area (Å²) in [6.45, 7) is 6.00. The fraction of sp³-hybridized carbons (Fsp3) is 0.667. The molecule has 5 nitrogen and oxygen atoms in total. The Morgan fingerprint density at radius 2 is 2.35 bits per heavy atom. The number of ether oxygens (including phenoxy) is 1. The van der Waals surface area contributed by atoms with Gasteiger partial charge in [0, 0.05) is 50.1 Å². The third-order valence-electron chi connectivity index (χ3n) is 4.07. The summed E-state index contributed by atoms with van der Waals surface area (Å²) < 4.78 is 5.36. The molecule has 1 aromatic heterocycles. The third-order valence-corrected chi connectivity index (χ3v) is 5.09. The van der Waals surface area contributed by atoms with Crippen LogP contribution in [0.25, 0.3) is 0 Å². The van der Waals surface area contributed by atoms with E-state index < -0.39 is 0 Å². The van der Waals surface area contributed by atoms with Gasteiger partial charge in [-0.25, -0.2) is 0 Å². The SMILES string of the molecule is Cl.Cl.O=C(CC1COCCN1)NCCN1CCc2sccc2C1. The zero-order chi connectivity index (χ0) is 14.5. The molecule has 3 rings (SSSR count). The van der Waals surface area contributed by atoms with Crippen molar-refractivity contribution >= 4 is 42.1 Å². The lowest BCUT2D eigenvalue weighted by atomic mass is 10.1. The van der Waals surface area contributed by atoms with E-state index in [-0.39, 0.29) is 36.8 Å². The molecule has 0 spiro atoms. The average molecular weight is 382 g/mol. The summed E-state index contributed by atoms with van der Waals surface area (Å²) in [6.07, 6.45) is 1.65. The van der Waals surface area contributed by atoms with Gasteiger partial charge in [0.2, 0.25) is 5.91 Å². The van der Waals surface area contributed by atoms with Gasteiger partial charge in [0.25, 0.3) is 0 Å². The lowest BCUT2D eigenvalue weighted by molar-refractivity contribution is -0.122. The Morgan fingerprint density at radius 3 is 3.13 bits per heavy atom. The number of amides is 1. The summed E-state index contributed by atoms with van der Waals surface area (Å²) in [4.78, 5) is 15.8. The molecular weight excluding hydrogens is 357 g/mol. The Kier molecular flexibility index (Phi) is 9.43. The fourth-order valence-corrected chi connectivity index (χ4v) is 3.79. The lowest BCUT2D eigenvalue weighted by Gasteiger charge is -2.27. The van der Waals surface area contributed by atoms with Crippen LogP contribution in [0.5, 0.6) is 0 Å². The minimum absolute atomic E-state index is 0. The number of carbonyl (C=O) groups excluding carboxylic acids is 1. The van der Waals surface area contributed by atoms with E-state index in [0.29, 0.717) is 13.0 Å². The fourth-order valence-electron chi connectivity index (χ4n) is 2.90. The van der Waals surface area contributed by atoms with Gasteiger partial charge in [0.15, 0.2) is 0 Å². The van der Waals surface area contributed by atoms with Gasteiger partial charge in [-0.1, -0.05) is 0 Å². The van der Waals surface area contributed by atoms with Crippen molar-refractivity contribution in [2.24, 2.45) is 0 Å². The molecule has 2 N–H and O–H groups in total. The Hall–Kier alpha value is -0.370. The molecule has 0 aromatic carbocycles. The number of rotatable bonds is 5. The number of hydrogen-bond donors (Lipinski definition) is 2. The van der Waals surface area contributed by atoms with Crippen molar-refractivity contribution < 1.29 is 9.53 Å². The number of carbonyl (C=O) groups is 1. The zero-order valence-electron chi connectivity index (χ0n) is 13.1. The Labute approximate surface area is 154 Å². The first-order chi connectivity index (χ1) is 10.3. The largest absolute Gasteiger partial charge is 0.378 e. The van der Waals surface area contributed by atoms with E-state index >= 15 is 0 Å². The molecule has 0 saturated carbocycles. The summed E-state index contributed by atoms with van der Waals surface area (Å²) in [7, 11) is 0. The number of nitrogens with one attached hydrogen (secondary N) is 2. The number of morpholine rings is 1. The van der Waals surface area contributed by atoms with Crippen LogP contribution in [0.3, 0.4) is 0 Å². The number of halogens is 2. The van der Waals surface area contributed by atoms with Crippen LogP contribution in [0, 0.1) is 0 Å². The normalized spacial score (nSPS) is 20.8. The summed E-state index contributed by atoms with van der Waals surface area (Å²) in [5.41, 5.74) is 1.46. The van der Waals surface area contributed by atoms with E-state index in [1.165, 1.54) is 10.4 Å². The molecule has 0 aliphatic carbocycles. The highest BCUT2D eigenvalue weighted by Crippen LogP contribution is 2.23. The van der Waals surface area contributed by atoms with Gasteiger partial charge < -0.3 is 15.4 Å². The highest BCUT2D eigenvalue weighted by Gasteiger charge is 2.18. The van der Waals surface area contributed by atoms with Crippen LogP contribution in [0.15, 0.2) is 11.4 Å². The molecule has 132 valence electrons. The van der Waals surface area contributed by atoms with Crippen LogP contribution in [0.4, 0.5) is 0 Å². The van der Waals surface area contributed by atoms with Crippen LogP contribution < -0.4 is 10.6 Å². The van der Waals surface area contributed by atoms with E-state index in [4.69, 9.17) is 4.74 Å². The van der Waals surface area contributed by atoms with Crippen molar-refractivity contribution in [3.8, 4) is 0 Å². The van der Waals surface area contributed by atoms with Crippen LogP contribution in [0.2, 0.25) is 0 Å². The van der Waals surface area contributed by atoms with Crippen molar-refractivity contribution in [1.29, 1.82) is 0 Å². The van der Waals surface area contributed by atoms with Crippen LogP contribution in [-0.4, -0.2) is 56.2 Å². The Balaban J connectivity index is 0.00000132. The second-order valence-corrected chi connectivity index (χ2v) is 6.68. The second kappa shape index (κ2) is 10.5.